The summed E-state index contributed by atoms with van der Waals surface area (Å²) in [6, 6.07) is -0.507. The second-order valence-electron chi connectivity index (χ2n) is 6.41. The van der Waals surface area contributed by atoms with Gasteiger partial charge in [0.25, 0.3) is 0 Å². The number of likely N-dealkylation sites (N-methyl/N-ethyl adjacent to an activating group) is 1. The van der Waals surface area contributed by atoms with Gasteiger partial charge in [0.1, 0.15) is 11.9 Å². The molecule has 0 unspecified atom stereocenters. The molecule has 0 aromatic carbocycles. The summed E-state index contributed by atoms with van der Waals surface area (Å²) in [6.45, 7) is 9.24. The molecule has 2 amide bonds. The Bertz CT molecular complexity index is 663. The number of urea groups is 1. The van der Waals surface area contributed by atoms with Crippen LogP contribution in [0.4, 0.5) is 4.79 Å². The molecule has 0 aliphatic carbocycles. The fourth-order valence-corrected chi connectivity index (χ4v) is 2.25. The normalized spacial score (nSPS) is 12.4. The van der Waals surface area contributed by atoms with Gasteiger partial charge in [-0.05, 0) is 19.8 Å². The first-order chi connectivity index (χ1) is 11.4. The van der Waals surface area contributed by atoms with Gasteiger partial charge in [0.05, 0.1) is 0 Å². The number of aryl methyl sites for hydroxylation is 1. The van der Waals surface area contributed by atoms with E-state index in [1.165, 1.54) is 0 Å². The summed E-state index contributed by atoms with van der Waals surface area (Å²) < 4.78 is 7.24. The van der Waals surface area contributed by atoms with Crippen LogP contribution in [0.5, 0.6) is 0 Å². The number of imidazole rings is 1. The molecule has 0 aliphatic heterocycles. The predicted molar refractivity (Wildman–Crippen MR) is 89.4 cm³/mol. The third-order valence-corrected chi connectivity index (χ3v) is 3.73. The summed E-state index contributed by atoms with van der Waals surface area (Å²) in [6.07, 6.45) is 4.41. The molecule has 0 aliphatic rings. The van der Waals surface area contributed by atoms with Crippen LogP contribution in [-0.2, 0) is 13.0 Å². The van der Waals surface area contributed by atoms with E-state index in [2.05, 4.69) is 34.3 Å². The minimum Gasteiger partial charge on any atom is -0.337 e. The summed E-state index contributed by atoms with van der Waals surface area (Å²) >= 11 is 0. The summed E-state index contributed by atoms with van der Waals surface area (Å²) in [7, 11) is 1.76. The maximum Gasteiger partial charge on any atom is 0.317 e. The smallest absolute Gasteiger partial charge is 0.317 e. The molecule has 2 heterocycles. The van der Waals surface area contributed by atoms with Crippen LogP contribution in [-0.4, -0.2) is 44.2 Å². The molecule has 8 heteroatoms. The second kappa shape index (κ2) is 7.94. The number of carbonyl (C=O) groups excluding carboxylic acids is 1. The van der Waals surface area contributed by atoms with Crippen LogP contribution in [0.15, 0.2) is 16.9 Å². The lowest BCUT2D eigenvalue weighted by Gasteiger charge is -2.20. The van der Waals surface area contributed by atoms with Crippen molar-refractivity contribution in [3.8, 4) is 0 Å². The van der Waals surface area contributed by atoms with Crippen LogP contribution in [0, 0.1) is 12.8 Å². The molecule has 2 rings (SSSR count). The van der Waals surface area contributed by atoms with Gasteiger partial charge in [-0.1, -0.05) is 19.0 Å². The number of carbonyl (C=O) groups is 1. The molecule has 0 radical (unpaired) electrons. The highest BCUT2D eigenvalue weighted by molar-refractivity contribution is 5.74. The zero-order chi connectivity index (χ0) is 17.7. The van der Waals surface area contributed by atoms with E-state index in [1.807, 2.05) is 24.6 Å². The highest BCUT2D eigenvalue weighted by Crippen LogP contribution is 2.12. The molecule has 0 bridgehead atoms. The van der Waals surface area contributed by atoms with Crippen LogP contribution in [0.3, 0.4) is 0 Å². The Balaban J connectivity index is 1.84. The van der Waals surface area contributed by atoms with E-state index in [1.54, 1.807) is 18.1 Å². The molecule has 2 aromatic heterocycles. The van der Waals surface area contributed by atoms with E-state index in [9.17, 15) is 4.79 Å². The maximum absolute atomic E-state index is 12.3. The minimum absolute atomic E-state index is 0.177. The van der Waals surface area contributed by atoms with Gasteiger partial charge >= 0.3 is 6.03 Å². The molecule has 0 fully saturated rings. The average Bonchev–Trinajstić information content (AvgIpc) is 3.13. The Kier molecular flexibility index (Phi) is 5.94. The van der Waals surface area contributed by atoms with Crippen LogP contribution in [0.25, 0.3) is 0 Å². The Labute approximate surface area is 142 Å². The minimum atomic E-state index is -0.330. The lowest BCUT2D eigenvalue weighted by molar-refractivity contribution is 0.200. The van der Waals surface area contributed by atoms with Crippen LogP contribution in [0.1, 0.15) is 44.4 Å². The number of hydrogen-bond donors (Lipinski definition) is 1. The van der Waals surface area contributed by atoms with E-state index < -0.39 is 0 Å². The molecule has 0 spiro atoms. The van der Waals surface area contributed by atoms with Crippen molar-refractivity contribution in [1.82, 2.24) is 29.9 Å². The third kappa shape index (κ3) is 4.81. The van der Waals surface area contributed by atoms with Crippen molar-refractivity contribution in [2.75, 3.05) is 13.6 Å². The van der Waals surface area contributed by atoms with Crippen molar-refractivity contribution < 1.29 is 9.32 Å². The Hall–Kier alpha value is -2.38. The van der Waals surface area contributed by atoms with E-state index >= 15 is 0 Å². The van der Waals surface area contributed by atoms with Crippen LogP contribution in [0.2, 0.25) is 0 Å². The van der Waals surface area contributed by atoms with Crippen molar-refractivity contribution in [3.63, 3.8) is 0 Å². The predicted octanol–water partition coefficient (Wildman–Crippen LogP) is 2.18. The van der Waals surface area contributed by atoms with Crippen molar-refractivity contribution in [2.24, 2.45) is 5.92 Å². The third-order valence-electron chi connectivity index (χ3n) is 3.73. The van der Waals surface area contributed by atoms with Crippen LogP contribution >= 0.6 is 0 Å². The summed E-state index contributed by atoms with van der Waals surface area (Å²) in [5.41, 5.74) is 0. The SMILES string of the molecule is Cc1nccn1CCN(C)C(=O)N[C@H](C)c1nc(CC(C)C)no1. The Morgan fingerprint density at radius 3 is 2.79 bits per heavy atom. The Morgan fingerprint density at radius 2 is 2.17 bits per heavy atom. The highest BCUT2D eigenvalue weighted by Gasteiger charge is 2.19. The van der Waals surface area contributed by atoms with Gasteiger partial charge < -0.3 is 19.3 Å². The lowest BCUT2D eigenvalue weighted by Crippen LogP contribution is -2.40. The number of hydrogen-bond acceptors (Lipinski definition) is 5. The number of rotatable bonds is 7. The zero-order valence-electron chi connectivity index (χ0n) is 15.0. The summed E-state index contributed by atoms with van der Waals surface area (Å²) in [5, 5.41) is 6.82. The fraction of sp³-hybridized carbons (Fsp3) is 0.625. The van der Waals surface area contributed by atoms with Gasteiger partial charge in [-0.3, -0.25) is 0 Å². The van der Waals surface area contributed by atoms with Crippen molar-refractivity contribution in [1.29, 1.82) is 0 Å². The molecule has 0 saturated carbocycles. The van der Waals surface area contributed by atoms with E-state index in [0.717, 1.165) is 12.2 Å². The zero-order valence-corrected chi connectivity index (χ0v) is 15.0. The first kappa shape index (κ1) is 18.0. The number of nitrogens with one attached hydrogen (secondary N) is 1. The molecule has 132 valence electrons. The monoisotopic (exact) mass is 334 g/mol. The Morgan fingerprint density at radius 1 is 1.42 bits per heavy atom. The van der Waals surface area contributed by atoms with Gasteiger partial charge in [-0.25, -0.2) is 9.78 Å². The van der Waals surface area contributed by atoms with Crippen molar-refractivity contribution in [2.45, 2.75) is 46.7 Å². The molecular weight excluding hydrogens is 308 g/mol. The molecule has 1 atom stereocenters. The van der Waals surface area contributed by atoms with E-state index in [0.29, 0.717) is 30.7 Å². The molecule has 8 nitrogen and oxygen atoms in total. The first-order valence-corrected chi connectivity index (χ1v) is 8.18. The molecule has 24 heavy (non-hydrogen) atoms. The number of nitrogens with zero attached hydrogens (tertiary/aromatic N) is 5. The second-order valence-corrected chi connectivity index (χ2v) is 6.41. The topological polar surface area (TPSA) is 89.1 Å². The molecule has 0 saturated heterocycles. The van der Waals surface area contributed by atoms with Crippen molar-refractivity contribution in [3.05, 3.63) is 29.9 Å². The standard InChI is InChI=1S/C16H26N6O2/c1-11(2)10-14-19-15(24-20-14)12(3)18-16(23)21(5)8-9-22-7-6-17-13(22)4/h6-7,11-12H,8-10H2,1-5H3,(H,18,23)/t12-/m1/s1. The van der Waals surface area contributed by atoms with Gasteiger partial charge in [0.15, 0.2) is 5.82 Å². The quantitative estimate of drug-likeness (QED) is 0.838. The molecular formula is C16H26N6O2. The van der Waals surface area contributed by atoms with Gasteiger partial charge in [0.2, 0.25) is 5.89 Å². The van der Waals surface area contributed by atoms with Gasteiger partial charge in [-0.2, -0.15) is 4.98 Å². The lowest BCUT2D eigenvalue weighted by atomic mass is 10.1. The first-order valence-electron chi connectivity index (χ1n) is 8.18. The maximum atomic E-state index is 12.3. The largest absolute Gasteiger partial charge is 0.337 e. The summed E-state index contributed by atoms with van der Waals surface area (Å²) in [4.78, 5) is 22.4. The van der Waals surface area contributed by atoms with Crippen LogP contribution < -0.4 is 5.32 Å². The van der Waals surface area contributed by atoms with E-state index in [4.69, 9.17) is 4.52 Å². The van der Waals surface area contributed by atoms with E-state index in [-0.39, 0.29) is 12.1 Å². The van der Waals surface area contributed by atoms with Crippen molar-refractivity contribution >= 4 is 6.03 Å². The van der Waals surface area contributed by atoms with Gasteiger partial charge in [-0.15, -0.1) is 0 Å². The highest BCUT2D eigenvalue weighted by atomic mass is 16.5. The summed E-state index contributed by atoms with van der Waals surface area (Å²) in [5.74, 6) is 2.49. The average molecular weight is 334 g/mol. The fourth-order valence-electron chi connectivity index (χ4n) is 2.25. The van der Waals surface area contributed by atoms with Gasteiger partial charge in [0, 0.05) is 39.0 Å². The molecule has 2 aromatic rings. The number of aromatic nitrogens is 4. The molecule has 1 N–H and O–H groups in total. The number of amides is 2.